The Morgan fingerprint density at radius 1 is 0.833 bits per heavy atom. The molecule has 0 aromatic heterocycles. The van der Waals surface area contributed by atoms with Gasteiger partial charge in [0.15, 0.2) is 0 Å². The molecule has 0 rings (SSSR count). The molecule has 0 N–H and O–H groups in total. The van der Waals surface area contributed by atoms with Gasteiger partial charge in [0.2, 0.25) is 0 Å². The zero-order valence-electron chi connectivity index (χ0n) is 9.38. The minimum absolute atomic E-state index is 0. The van der Waals surface area contributed by atoms with Gasteiger partial charge in [-0.3, -0.25) is 0 Å². The molecule has 0 atom stereocenters. The van der Waals surface area contributed by atoms with Gasteiger partial charge in [0.25, 0.3) is 0 Å². The Bertz CT molecular complexity index is 17.2. The summed E-state index contributed by atoms with van der Waals surface area (Å²) in [5, 5.41) is 0. The largest absolute Gasteiger partial charge is 1.00 e. The molecule has 0 nitrogen and oxygen atoms in total. The topological polar surface area (TPSA) is 0 Å². The van der Waals surface area contributed by atoms with Gasteiger partial charge < -0.3 is 5.71 Å². The number of halogens is 1. The third kappa shape index (κ3) is 23.9. The van der Waals surface area contributed by atoms with Crippen LogP contribution < -0.4 is 118 Å². The molecule has 0 saturated heterocycles. The Hall–Kier alpha value is 4.29. The first-order valence-corrected chi connectivity index (χ1v) is 1.13. The fraction of sp³-hybridized carbons (Fsp3) is 1.00. The van der Waals surface area contributed by atoms with Crippen LogP contribution in [0.5, 0.6) is 0 Å². The molecule has 0 unspecified atom stereocenters. The molecule has 0 fully saturated rings. The molecule has 0 bridgehead atoms. The van der Waals surface area contributed by atoms with Crippen molar-refractivity contribution in [2.45, 2.75) is 0 Å². The Labute approximate surface area is 139 Å². The molecular weight excluding hydrogens is 139 g/mol. The van der Waals surface area contributed by atoms with Crippen molar-refractivity contribution in [1.82, 2.24) is 0 Å². The van der Waals surface area contributed by atoms with E-state index in [2.05, 4.69) is 11.6 Å². The number of hydrogen-bond donors (Lipinski definition) is 0. The quantitative estimate of drug-likeness (QED) is 0.235. The smallest absolute Gasteiger partial charge is 1.00 e. The molecule has 0 aliphatic heterocycles. The second-order valence-corrected chi connectivity index (χ2v) is 0. The normalized spacial score (nSPS) is 1.00. The van der Waals surface area contributed by atoms with Gasteiger partial charge in [0.05, 0.1) is 0 Å². The summed E-state index contributed by atoms with van der Waals surface area (Å²) < 4.78 is 0. The summed E-state index contributed by atoms with van der Waals surface area (Å²) >= 11 is 4.64. The van der Waals surface area contributed by atoms with E-state index in [0.717, 1.165) is 0 Å². The van der Waals surface area contributed by atoms with E-state index in [9.17, 15) is 0 Å². The predicted molar refractivity (Wildman–Crippen MR) is 16.2 cm³/mol. The van der Waals surface area contributed by atoms with E-state index >= 15 is 0 Å². The van der Waals surface area contributed by atoms with Crippen LogP contribution >= 0.6 is 11.6 Å². The van der Waals surface area contributed by atoms with E-state index in [4.69, 9.17) is 0 Å². The molecule has 0 saturated carbocycles. The molecule has 6 heavy (non-hydrogen) atoms. The fourth-order valence-corrected chi connectivity index (χ4v) is 0. The number of alkyl halides is 1. The Balaban J connectivity index is -0.000000000179. The van der Waals surface area contributed by atoms with E-state index in [-0.39, 0.29) is 124 Å². The molecule has 0 heterocycles. The summed E-state index contributed by atoms with van der Waals surface area (Å²) in [6.07, 6.45) is 1.47. The van der Waals surface area contributed by atoms with E-state index in [1.807, 2.05) is 0 Å². The second-order valence-electron chi connectivity index (χ2n) is 0. The molecule has 0 radical (unpaired) electrons. The summed E-state index contributed by atoms with van der Waals surface area (Å²) in [4.78, 5) is 0. The molecule has 0 aliphatic carbocycles. The third-order valence-electron chi connectivity index (χ3n) is 0. The van der Waals surface area contributed by atoms with E-state index in [0.29, 0.717) is 0 Å². The van der Waals surface area contributed by atoms with Crippen molar-refractivity contribution in [3.63, 3.8) is 0 Å². The maximum atomic E-state index is 4.64. The Morgan fingerprint density at radius 3 is 0.833 bits per heavy atom. The minimum Gasteiger partial charge on any atom is -1.00 e. The molecule has 0 aromatic carbocycles. The Morgan fingerprint density at radius 2 is 0.833 bits per heavy atom. The van der Waals surface area contributed by atoms with Gasteiger partial charge in [0.1, 0.15) is 0 Å². The zero-order valence-corrected chi connectivity index (χ0v) is 14.1. The van der Waals surface area contributed by atoms with Crippen molar-refractivity contribution in [3.05, 3.63) is 0 Å². The van der Waals surface area contributed by atoms with E-state index < -0.39 is 0 Å². The average Bonchev–Trinajstić information content (AvgIpc) is 1.00. The predicted octanol–water partition coefficient (Wildman–Crippen LogP) is -10.7. The van der Waals surface area contributed by atoms with Crippen LogP contribution in [0, 0.1) is 0 Å². The molecule has 0 amide bonds. The summed E-state index contributed by atoms with van der Waals surface area (Å²) in [5.41, 5.74) is 0. The van der Waals surface area contributed by atoms with Crippen LogP contribution in [-0.4, -0.2) is 6.38 Å². The standard InChI is InChI=1S/CH3Cl.4Na.4H/c1-2;;;;;;;;/h1H3;;;;;;;;/q;4*+1;4*-1. The molecule has 0 spiro atoms. The maximum absolute atomic E-state index is 4.64. The number of hydrogen-bond acceptors (Lipinski definition) is 0. The third-order valence-corrected chi connectivity index (χ3v) is 0. The molecular formula is CH7ClNa4. The van der Waals surface area contributed by atoms with Crippen molar-refractivity contribution in [3.8, 4) is 0 Å². The first-order chi connectivity index (χ1) is 1.00. The van der Waals surface area contributed by atoms with Crippen molar-refractivity contribution < 1.29 is 124 Å². The van der Waals surface area contributed by atoms with Gasteiger partial charge in [-0.25, -0.2) is 0 Å². The van der Waals surface area contributed by atoms with E-state index in [1.54, 1.807) is 0 Å². The molecule has 5 heteroatoms. The van der Waals surface area contributed by atoms with Crippen molar-refractivity contribution in [2.75, 3.05) is 6.38 Å². The minimum atomic E-state index is 0. The monoisotopic (exact) mass is 146 g/mol. The van der Waals surface area contributed by atoms with Gasteiger partial charge in [-0.1, -0.05) is 0 Å². The fourth-order valence-electron chi connectivity index (χ4n) is 0. The first-order valence-electron chi connectivity index (χ1n) is 0.378. The van der Waals surface area contributed by atoms with Crippen LogP contribution in [0.4, 0.5) is 0 Å². The van der Waals surface area contributed by atoms with Gasteiger partial charge in [-0.15, -0.1) is 11.6 Å². The molecule has 0 aromatic rings. The zero-order chi connectivity index (χ0) is 2.00. The average molecular weight is 146 g/mol. The first kappa shape index (κ1) is 31.7. The van der Waals surface area contributed by atoms with Gasteiger partial charge in [0, 0.05) is 6.38 Å². The van der Waals surface area contributed by atoms with Gasteiger partial charge in [-0.05, 0) is 0 Å². The van der Waals surface area contributed by atoms with Gasteiger partial charge >= 0.3 is 118 Å². The van der Waals surface area contributed by atoms with Crippen LogP contribution in [0.25, 0.3) is 0 Å². The molecule has 0 aliphatic rings. The summed E-state index contributed by atoms with van der Waals surface area (Å²) in [6, 6.07) is 0. The van der Waals surface area contributed by atoms with Crippen LogP contribution in [0.1, 0.15) is 5.71 Å². The molecule has 22 valence electrons. The Kier molecular flexibility index (Phi) is 183. The summed E-state index contributed by atoms with van der Waals surface area (Å²) in [7, 11) is 0. The van der Waals surface area contributed by atoms with Crippen LogP contribution in [0.2, 0.25) is 0 Å². The van der Waals surface area contributed by atoms with Crippen LogP contribution in [-0.2, 0) is 0 Å². The van der Waals surface area contributed by atoms with Crippen LogP contribution in [0.3, 0.4) is 0 Å². The van der Waals surface area contributed by atoms with Crippen LogP contribution in [0.15, 0.2) is 0 Å². The van der Waals surface area contributed by atoms with E-state index in [1.165, 1.54) is 6.38 Å². The number of rotatable bonds is 0. The SMILES string of the molecule is CCl.[H-].[H-].[H-].[H-].[Na+].[Na+].[Na+].[Na+]. The summed E-state index contributed by atoms with van der Waals surface area (Å²) in [5.74, 6) is 0. The summed E-state index contributed by atoms with van der Waals surface area (Å²) in [6.45, 7) is 0. The van der Waals surface area contributed by atoms with Gasteiger partial charge in [-0.2, -0.15) is 0 Å². The van der Waals surface area contributed by atoms with Crippen molar-refractivity contribution in [1.29, 1.82) is 0 Å². The van der Waals surface area contributed by atoms with Crippen molar-refractivity contribution >= 4 is 11.6 Å². The second kappa shape index (κ2) is 34.7. The van der Waals surface area contributed by atoms with Crippen molar-refractivity contribution in [2.24, 2.45) is 0 Å². The maximum Gasteiger partial charge on any atom is 1.00 e.